The first kappa shape index (κ1) is 14.8. The van der Waals surface area contributed by atoms with E-state index >= 15 is 0 Å². The van der Waals surface area contributed by atoms with Gasteiger partial charge in [-0.25, -0.2) is 9.59 Å². The Hall–Kier alpha value is -1.30. The van der Waals surface area contributed by atoms with Crippen LogP contribution in [-0.2, 0) is 9.53 Å². The summed E-state index contributed by atoms with van der Waals surface area (Å²) in [4.78, 5) is 24.5. The summed E-state index contributed by atoms with van der Waals surface area (Å²) >= 11 is 0. The van der Waals surface area contributed by atoms with Crippen LogP contribution in [0, 0.1) is 5.92 Å². The highest BCUT2D eigenvalue weighted by atomic mass is 16.5. The van der Waals surface area contributed by atoms with Crippen molar-refractivity contribution in [2.45, 2.75) is 32.2 Å². The van der Waals surface area contributed by atoms with Gasteiger partial charge in [0.1, 0.15) is 6.04 Å². The molecular weight excluding hydrogens is 236 g/mol. The molecule has 104 valence electrons. The second-order valence-electron chi connectivity index (χ2n) is 4.66. The molecule has 18 heavy (non-hydrogen) atoms. The van der Waals surface area contributed by atoms with Gasteiger partial charge in [0, 0.05) is 26.1 Å². The fourth-order valence-corrected chi connectivity index (χ4v) is 2.20. The van der Waals surface area contributed by atoms with E-state index in [9.17, 15) is 9.59 Å². The highest BCUT2D eigenvalue weighted by Gasteiger charge is 2.26. The second kappa shape index (κ2) is 7.20. The Morgan fingerprint density at radius 3 is 2.83 bits per heavy atom. The van der Waals surface area contributed by atoms with Gasteiger partial charge in [-0.15, -0.1) is 0 Å². The van der Waals surface area contributed by atoms with Gasteiger partial charge in [0.05, 0.1) is 6.61 Å². The van der Waals surface area contributed by atoms with E-state index in [0.717, 1.165) is 12.8 Å². The van der Waals surface area contributed by atoms with Crippen LogP contribution in [0.3, 0.4) is 0 Å². The van der Waals surface area contributed by atoms with Crippen molar-refractivity contribution in [3.05, 3.63) is 0 Å². The van der Waals surface area contributed by atoms with Crippen molar-refractivity contribution >= 4 is 12.0 Å². The molecule has 0 spiro atoms. The molecule has 1 fully saturated rings. The van der Waals surface area contributed by atoms with Crippen molar-refractivity contribution in [3.8, 4) is 0 Å². The molecule has 1 aliphatic rings. The Morgan fingerprint density at radius 1 is 1.56 bits per heavy atom. The van der Waals surface area contributed by atoms with E-state index in [1.165, 1.54) is 0 Å². The zero-order valence-electron chi connectivity index (χ0n) is 11.0. The predicted octanol–water partition coefficient (Wildman–Crippen LogP) is 0.918. The first-order chi connectivity index (χ1) is 8.58. The van der Waals surface area contributed by atoms with Crippen molar-refractivity contribution in [1.29, 1.82) is 0 Å². The number of urea groups is 1. The summed E-state index contributed by atoms with van der Waals surface area (Å²) in [7, 11) is 1.65. The fourth-order valence-electron chi connectivity index (χ4n) is 2.20. The maximum atomic E-state index is 11.9. The van der Waals surface area contributed by atoms with Gasteiger partial charge in [0.15, 0.2) is 0 Å². The van der Waals surface area contributed by atoms with Crippen molar-refractivity contribution in [2.75, 3.05) is 26.8 Å². The maximum absolute atomic E-state index is 11.9. The summed E-state index contributed by atoms with van der Waals surface area (Å²) in [5.41, 5.74) is 0. The van der Waals surface area contributed by atoms with E-state index in [0.29, 0.717) is 32.0 Å². The molecule has 0 aromatic heterocycles. The van der Waals surface area contributed by atoms with Crippen molar-refractivity contribution < 1.29 is 19.4 Å². The van der Waals surface area contributed by atoms with E-state index < -0.39 is 12.0 Å². The number of aliphatic carboxylic acids is 1. The second-order valence-corrected chi connectivity index (χ2v) is 4.66. The first-order valence-electron chi connectivity index (χ1n) is 6.35. The molecule has 1 heterocycles. The number of nitrogens with one attached hydrogen (secondary N) is 1. The number of carbonyl (C=O) groups excluding carboxylic acids is 1. The predicted molar refractivity (Wildman–Crippen MR) is 66.4 cm³/mol. The van der Waals surface area contributed by atoms with Gasteiger partial charge < -0.3 is 20.1 Å². The van der Waals surface area contributed by atoms with Crippen molar-refractivity contribution in [2.24, 2.45) is 5.92 Å². The number of carboxylic acid groups (broad SMARTS) is 1. The monoisotopic (exact) mass is 258 g/mol. The Balaban J connectivity index is 2.47. The molecule has 0 saturated carbocycles. The SMILES string of the molecule is CC[C@@H](NC(=O)N1CCCC(COC)C1)C(=O)O. The molecule has 0 aliphatic carbocycles. The molecule has 1 rings (SSSR count). The normalized spacial score (nSPS) is 21.4. The van der Waals surface area contributed by atoms with Gasteiger partial charge in [-0.3, -0.25) is 0 Å². The molecule has 2 N–H and O–H groups in total. The van der Waals surface area contributed by atoms with E-state index in [1.54, 1.807) is 18.9 Å². The van der Waals surface area contributed by atoms with Gasteiger partial charge >= 0.3 is 12.0 Å². The summed E-state index contributed by atoms with van der Waals surface area (Å²) in [6.07, 6.45) is 2.37. The first-order valence-corrected chi connectivity index (χ1v) is 6.35. The molecule has 0 bridgehead atoms. The molecule has 0 aromatic carbocycles. The lowest BCUT2D eigenvalue weighted by Gasteiger charge is -2.33. The van der Waals surface area contributed by atoms with E-state index in [2.05, 4.69) is 5.32 Å². The molecule has 1 aliphatic heterocycles. The quantitative estimate of drug-likeness (QED) is 0.768. The number of methoxy groups -OCH3 is 1. The molecule has 6 nitrogen and oxygen atoms in total. The number of ether oxygens (including phenoxy) is 1. The smallest absolute Gasteiger partial charge is 0.326 e. The zero-order valence-corrected chi connectivity index (χ0v) is 11.0. The minimum absolute atomic E-state index is 0.287. The van der Waals surface area contributed by atoms with Crippen molar-refractivity contribution in [1.82, 2.24) is 10.2 Å². The fraction of sp³-hybridized carbons (Fsp3) is 0.833. The van der Waals surface area contributed by atoms with Gasteiger partial charge in [-0.05, 0) is 19.3 Å². The van der Waals surface area contributed by atoms with Crippen LogP contribution in [0.4, 0.5) is 4.79 Å². The van der Waals surface area contributed by atoms with Crippen LogP contribution in [-0.4, -0.2) is 54.9 Å². The molecule has 1 saturated heterocycles. The summed E-state index contributed by atoms with van der Waals surface area (Å²) < 4.78 is 5.10. The standard InChI is InChI=1S/C12H22N2O4/c1-3-10(11(15)16)13-12(17)14-6-4-5-9(7-14)8-18-2/h9-10H,3-8H2,1-2H3,(H,13,17)(H,15,16)/t9?,10-/m1/s1. The minimum Gasteiger partial charge on any atom is -0.480 e. The van der Waals surface area contributed by atoms with E-state index in [1.807, 2.05) is 0 Å². The highest BCUT2D eigenvalue weighted by molar-refractivity contribution is 5.82. The van der Waals surface area contributed by atoms with Crippen LogP contribution in [0.25, 0.3) is 0 Å². The van der Waals surface area contributed by atoms with E-state index in [4.69, 9.17) is 9.84 Å². The number of hydrogen-bond donors (Lipinski definition) is 2. The van der Waals surface area contributed by atoms with Crippen LogP contribution in [0.2, 0.25) is 0 Å². The zero-order chi connectivity index (χ0) is 13.5. The molecule has 2 amide bonds. The van der Waals surface area contributed by atoms with Crippen LogP contribution in [0.5, 0.6) is 0 Å². The Labute approximate surface area is 107 Å². The average Bonchev–Trinajstić information content (AvgIpc) is 2.36. The lowest BCUT2D eigenvalue weighted by Crippen LogP contribution is -2.51. The molecule has 2 atom stereocenters. The number of hydrogen-bond acceptors (Lipinski definition) is 3. The maximum Gasteiger partial charge on any atom is 0.326 e. The third-order valence-electron chi connectivity index (χ3n) is 3.21. The van der Waals surface area contributed by atoms with Gasteiger partial charge in [-0.2, -0.15) is 0 Å². The lowest BCUT2D eigenvalue weighted by molar-refractivity contribution is -0.139. The van der Waals surface area contributed by atoms with Gasteiger partial charge in [0.25, 0.3) is 0 Å². The lowest BCUT2D eigenvalue weighted by atomic mass is 9.99. The minimum atomic E-state index is -0.990. The average molecular weight is 258 g/mol. The number of rotatable bonds is 5. The van der Waals surface area contributed by atoms with Crippen LogP contribution >= 0.6 is 0 Å². The topological polar surface area (TPSA) is 78.9 Å². The molecule has 0 aromatic rings. The molecule has 0 radical (unpaired) electrons. The van der Waals surface area contributed by atoms with Gasteiger partial charge in [0.2, 0.25) is 0 Å². The summed E-state index contributed by atoms with van der Waals surface area (Å²) in [5.74, 6) is -0.643. The number of likely N-dealkylation sites (tertiary alicyclic amines) is 1. The number of piperidine rings is 1. The Kier molecular flexibility index (Phi) is 5.91. The third-order valence-corrected chi connectivity index (χ3v) is 3.21. The Bertz CT molecular complexity index is 294. The van der Waals surface area contributed by atoms with Gasteiger partial charge in [-0.1, -0.05) is 6.92 Å². The summed E-state index contributed by atoms with van der Waals surface area (Å²) in [6, 6.07) is -1.09. The number of carboxylic acids is 1. The van der Waals surface area contributed by atoms with Crippen LogP contribution in [0.1, 0.15) is 26.2 Å². The molecule has 1 unspecified atom stereocenters. The van der Waals surface area contributed by atoms with Crippen LogP contribution in [0.15, 0.2) is 0 Å². The summed E-state index contributed by atoms with van der Waals surface area (Å²) in [5, 5.41) is 11.4. The Morgan fingerprint density at radius 2 is 2.28 bits per heavy atom. The number of amides is 2. The molecular formula is C12H22N2O4. The third kappa shape index (κ3) is 4.18. The van der Waals surface area contributed by atoms with Crippen molar-refractivity contribution in [3.63, 3.8) is 0 Å². The highest BCUT2D eigenvalue weighted by Crippen LogP contribution is 2.16. The largest absolute Gasteiger partial charge is 0.480 e. The summed E-state index contributed by atoms with van der Waals surface area (Å²) in [6.45, 7) is 3.70. The number of nitrogens with zero attached hydrogens (tertiary/aromatic N) is 1. The number of carbonyl (C=O) groups is 2. The van der Waals surface area contributed by atoms with Crippen LogP contribution < -0.4 is 5.32 Å². The van der Waals surface area contributed by atoms with E-state index in [-0.39, 0.29) is 6.03 Å². The molecule has 6 heteroatoms.